The van der Waals surface area contributed by atoms with Gasteiger partial charge < -0.3 is 14.0 Å². The third-order valence-electron chi connectivity index (χ3n) is 6.53. The molecule has 0 aliphatic heterocycles. The van der Waals surface area contributed by atoms with Crippen LogP contribution >= 0.6 is 45.2 Å². The van der Waals surface area contributed by atoms with Crippen molar-refractivity contribution in [1.82, 2.24) is 13.5 Å². The highest BCUT2D eigenvalue weighted by molar-refractivity contribution is 8.32. The van der Waals surface area contributed by atoms with Gasteiger partial charge in [0, 0.05) is 39.6 Å². The van der Waals surface area contributed by atoms with Gasteiger partial charge in [-0.25, -0.2) is 19.8 Å². The van der Waals surface area contributed by atoms with Crippen LogP contribution in [0.15, 0.2) is 84.0 Å². The first-order chi connectivity index (χ1) is 19.7. The molecule has 2 aromatic carbocycles. The number of carbonyl (C=O) groups is 1. The molecule has 5 rings (SSSR count). The van der Waals surface area contributed by atoms with E-state index in [9.17, 15) is 4.79 Å². The summed E-state index contributed by atoms with van der Waals surface area (Å²) in [5, 5.41) is 1.78. The van der Waals surface area contributed by atoms with E-state index in [-0.39, 0.29) is 6.73 Å². The first-order valence-electron chi connectivity index (χ1n) is 12.9. The van der Waals surface area contributed by atoms with Gasteiger partial charge in [0.15, 0.2) is 5.65 Å². The van der Waals surface area contributed by atoms with Gasteiger partial charge in [0.05, 0.1) is 40.7 Å². The Kier molecular flexibility index (Phi) is 9.06. The van der Waals surface area contributed by atoms with Crippen LogP contribution in [0.3, 0.4) is 0 Å². The minimum Gasteiger partial charge on any atom is -0.465 e. The lowest BCUT2D eigenvalue weighted by Gasteiger charge is -2.25. The van der Waals surface area contributed by atoms with Gasteiger partial charge in [-0.2, -0.15) is 0 Å². The average molecular weight is 629 g/mol. The van der Waals surface area contributed by atoms with Crippen LogP contribution in [-0.4, -0.2) is 57.7 Å². The van der Waals surface area contributed by atoms with Crippen molar-refractivity contribution < 1.29 is 14.3 Å². The van der Waals surface area contributed by atoms with Gasteiger partial charge in [-0.1, -0.05) is 47.5 Å². The van der Waals surface area contributed by atoms with E-state index in [1.165, 1.54) is 7.11 Å². The molecule has 6 nitrogen and oxygen atoms in total. The predicted octanol–water partition coefficient (Wildman–Crippen LogP) is 8.49. The number of benzene rings is 2. The molecule has 0 aliphatic carbocycles. The quantitative estimate of drug-likeness (QED) is 0.115. The van der Waals surface area contributed by atoms with Crippen LogP contribution in [-0.2, 0) is 16.2 Å². The summed E-state index contributed by atoms with van der Waals surface area (Å²) in [7, 11) is 0.650. The van der Waals surface area contributed by atoms with Gasteiger partial charge in [0.25, 0.3) is 0 Å². The van der Waals surface area contributed by atoms with Crippen molar-refractivity contribution in [2.75, 3.05) is 38.2 Å². The highest BCUT2D eigenvalue weighted by Crippen LogP contribution is 2.39. The summed E-state index contributed by atoms with van der Waals surface area (Å²) >= 11 is 14.3. The van der Waals surface area contributed by atoms with Crippen molar-refractivity contribution in [1.29, 1.82) is 0 Å². The van der Waals surface area contributed by atoms with Crippen molar-refractivity contribution in [2.45, 2.75) is 11.6 Å². The van der Waals surface area contributed by atoms with E-state index in [4.69, 9.17) is 37.7 Å². The van der Waals surface area contributed by atoms with Gasteiger partial charge in [-0.15, -0.1) is 0 Å². The Morgan fingerprint density at radius 1 is 1.00 bits per heavy atom. The molecule has 41 heavy (non-hydrogen) atoms. The number of nitrogens with zero attached hydrogens (tertiary/aromatic N) is 3. The molecule has 0 saturated carbocycles. The first kappa shape index (κ1) is 29.6. The molecule has 0 amide bonds. The molecule has 0 aliphatic rings. The van der Waals surface area contributed by atoms with Crippen molar-refractivity contribution in [2.24, 2.45) is 0 Å². The van der Waals surface area contributed by atoms with E-state index in [0.717, 1.165) is 38.5 Å². The maximum atomic E-state index is 13.1. The topological polar surface area (TPSA) is 58.3 Å². The summed E-state index contributed by atoms with van der Waals surface area (Å²) in [5.41, 5.74) is 4.34. The molecule has 0 N–H and O–H groups in total. The van der Waals surface area contributed by atoms with E-state index in [1.807, 2.05) is 57.2 Å². The Bertz CT molecular complexity index is 1690. The van der Waals surface area contributed by atoms with Gasteiger partial charge in [-0.3, -0.25) is 3.97 Å². The number of aromatic nitrogens is 3. The highest BCUT2D eigenvalue weighted by Gasteiger charge is 2.25. The molecule has 5 aromatic rings. The number of ether oxygens (including phenoxy) is 2. The second-order valence-corrected chi connectivity index (χ2v) is 16.8. The fourth-order valence-electron chi connectivity index (χ4n) is 4.50. The number of methoxy groups -OCH3 is 1. The Morgan fingerprint density at radius 2 is 1.78 bits per heavy atom. The standard InChI is InChI=1S/C31H31Cl2N3O3S2/c1-38-31(37)25-19-28(23-12-14-34-30-24(23)13-15-36(30)40-22-8-6-5-7-9-22)35(20-39-16-17-41(2,3)4)29(25)21-10-11-26(32)27(33)18-21/h5-15,18-19H,16-17,20H2,1-4H3. The maximum absolute atomic E-state index is 13.1. The molecule has 0 bridgehead atoms. The van der Waals surface area contributed by atoms with Crippen LogP contribution in [0, 0.1) is 0 Å². The van der Waals surface area contributed by atoms with Gasteiger partial charge in [-0.05, 0) is 73.2 Å². The van der Waals surface area contributed by atoms with Crippen LogP contribution in [0.5, 0.6) is 0 Å². The van der Waals surface area contributed by atoms with Crippen LogP contribution < -0.4 is 0 Å². The lowest BCUT2D eigenvalue weighted by atomic mass is 10.1. The molecule has 0 radical (unpaired) electrons. The summed E-state index contributed by atoms with van der Waals surface area (Å²) in [5.74, 6) is 0.516. The molecule has 3 heterocycles. The van der Waals surface area contributed by atoms with Crippen molar-refractivity contribution in [3.63, 3.8) is 0 Å². The largest absolute Gasteiger partial charge is 0.465 e. The molecule has 0 saturated heterocycles. The van der Waals surface area contributed by atoms with Crippen LogP contribution in [0.25, 0.3) is 33.5 Å². The Balaban J connectivity index is 1.66. The minimum atomic E-state index is -0.731. The van der Waals surface area contributed by atoms with E-state index >= 15 is 0 Å². The molecule has 0 atom stereocenters. The second kappa shape index (κ2) is 12.5. The molecular weight excluding hydrogens is 597 g/mol. The van der Waals surface area contributed by atoms with Crippen LogP contribution in [0.1, 0.15) is 10.4 Å². The smallest absolute Gasteiger partial charge is 0.340 e. The predicted molar refractivity (Wildman–Crippen MR) is 174 cm³/mol. The number of esters is 1. The first-order valence-corrected chi connectivity index (χ1v) is 17.4. The maximum Gasteiger partial charge on any atom is 0.340 e. The monoisotopic (exact) mass is 627 g/mol. The summed E-state index contributed by atoms with van der Waals surface area (Å²) in [6, 6.07) is 21.4. The van der Waals surface area contributed by atoms with E-state index in [2.05, 4.69) is 30.9 Å². The molecule has 3 aromatic heterocycles. The number of hydrogen-bond donors (Lipinski definition) is 0. The molecule has 10 heteroatoms. The molecular formula is C31H31Cl2N3O3S2. The highest BCUT2D eigenvalue weighted by atomic mass is 35.5. The summed E-state index contributed by atoms with van der Waals surface area (Å²) in [6.07, 6.45) is 10.6. The number of rotatable bonds is 10. The molecule has 0 fully saturated rings. The summed E-state index contributed by atoms with van der Waals surface area (Å²) < 4.78 is 15.5. The molecule has 0 unspecified atom stereocenters. The van der Waals surface area contributed by atoms with Crippen LogP contribution in [0.4, 0.5) is 0 Å². The van der Waals surface area contributed by atoms with Crippen LogP contribution in [0.2, 0.25) is 10.0 Å². The number of carbonyl (C=O) groups excluding carboxylic acids is 1. The van der Waals surface area contributed by atoms with Gasteiger partial charge in [0.2, 0.25) is 0 Å². The van der Waals surface area contributed by atoms with Crippen molar-refractivity contribution in [3.05, 3.63) is 94.7 Å². The number of halogens is 2. The lowest BCUT2D eigenvalue weighted by molar-refractivity contribution is 0.0600. The van der Waals surface area contributed by atoms with Gasteiger partial charge >= 0.3 is 5.97 Å². The number of pyridine rings is 1. The molecule has 0 spiro atoms. The second-order valence-electron chi connectivity index (χ2n) is 10.3. The van der Waals surface area contributed by atoms with Gasteiger partial charge in [0.1, 0.15) is 6.73 Å². The number of fused-ring (bicyclic) bond motifs is 1. The Morgan fingerprint density at radius 3 is 2.49 bits per heavy atom. The Hall–Kier alpha value is -2.88. The SMILES string of the molecule is COC(=O)c1cc(-c2ccnc3c2ccn3Sc2ccccc2)n(COCCS(C)(C)C)c1-c1ccc(Cl)c(Cl)c1. The average Bonchev–Trinajstić information content (AvgIpc) is 3.54. The zero-order valence-corrected chi connectivity index (χ0v) is 26.4. The Labute approximate surface area is 256 Å². The zero-order chi connectivity index (χ0) is 29.1. The van der Waals surface area contributed by atoms with E-state index < -0.39 is 16.0 Å². The van der Waals surface area contributed by atoms with E-state index in [1.54, 1.807) is 30.3 Å². The lowest BCUT2D eigenvalue weighted by Crippen LogP contribution is -2.12. The fourth-order valence-corrected chi connectivity index (χ4v) is 6.27. The molecule has 214 valence electrons. The fraction of sp³-hybridized carbons (Fsp3) is 0.226. The minimum absolute atomic E-state index is 0.237. The van der Waals surface area contributed by atoms with E-state index in [0.29, 0.717) is 27.9 Å². The van der Waals surface area contributed by atoms with Crippen molar-refractivity contribution >= 4 is 62.2 Å². The zero-order valence-electron chi connectivity index (χ0n) is 23.3. The normalized spacial score (nSPS) is 12.1. The third kappa shape index (κ3) is 6.63. The van der Waals surface area contributed by atoms with Crippen molar-refractivity contribution in [3.8, 4) is 22.5 Å². The summed E-state index contributed by atoms with van der Waals surface area (Å²) in [6.45, 7) is 0.835. The summed E-state index contributed by atoms with van der Waals surface area (Å²) in [4.78, 5) is 18.9. The third-order valence-corrected chi connectivity index (χ3v) is 9.64. The number of hydrogen-bond acceptors (Lipinski definition) is 5.